The lowest BCUT2D eigenvalue weighted by Crippen LogP contribution is -2.45. The SMILES string of the molecule is CCN(CC(C)CN)C(=O)NCC(F)(F)F. The molecule has 0 spiro atoms. The highest BCUT2D eigenvalue weighted by atomic mass is 19.4. The lowest BCUT2D eigenvalue weighted by Gasteiger charge is -2.24. The van der Waals surface area contributed by atoms with Crippen LogP contribution in [0.1, 0.15) is 13.8 Å². The van der Waals surface area contributed by atoms with Gasteiger partial charge in [-0.2, -0.15) is 13.2 Å². The maximum absolute atomic E-state index is 11.9. The van der Waals surface area contributed by atoms with E-state index in [1.54, 1.807) is 6.92 Å². The molecule has 0 aliphatic rings. The predicted octanol–water partition coefficient (Wildman–Crippen LogP) is 1.17. The van der Waals surface area contributed by atoms with Crippen LogP contribution >= 0.6 is 0 Å². The zero-order valence-electron chi connectivity index (χ0n) is 9.47. The first-order valence-electron chi connectivity index (χ1n) is 5.09. The van der Waals surface area contributed by atoms with Crippen molar-refractivity contribution in [2.24, 2.45) is 11.7 Å². The van der Waals surface area contributed by atoms with E-state index in [1.165, 1.54) is 4.90 Å². The Labute approximate surface area is 93.0 Å². The summed E-state index contributed by atoms with van der Waals surface area (Å²) in [4.78, 5) is 12.7. The standard InChI is InChI=1S/C9H18F3N3O/c1-3-15(5-7(2)4-13)8(16)14-6-9(10,11)12/h7H,3-6,13H2,1-2H3,(H,14,16). The number of urea groups is 1. The molecule has 7 heteroatoms. The fourth-order valence-electron chi connectivity index (χ4n) is 1.09. The molecule has 3 N–H and O–H groups in total. The maximum atomic E-state index is 11.9. The third kappa shape index (κ3) is 6.49. The normalized spacial score (nSPS) is 13.4. The zero-order chi connectivity index (χ0) is 12.8. The van der Waals surface area contributed by atoms with Gasteiger partial charge in [-0.1, -0.05) is 6.92 Å². The van der Waals surface area contributed by atoms with Crippen LogP contribution in [0.3, 0.4) is 0 Å². The first-order valence-corrected chi connectivity index (χ1v) is 5.09. The molecule has 0 heterocycles. The van der Waals surface area contributed by atoms with Gasteiger partial charge in [0.15, 0.2) is 0 Å². The van der Waals surface area contributed by atoms with E-state index in [0.717, 1.165) is 0 Å². The van der Waals surface area contributed by atoms with E-state index in [2.05, 4.69) is 0 Å². The highest BCUT2D eigenvalue weighted by Gasteiger charge is 2.28. The van der Waals surface area contributed by atoms with E-state index >= 15 is 0 Å². The van der Waals surface area contributed by atoms with E-state index in [-0.39, 0.29) is 5.92 Å². The summed E-state index contributed by atoms with van der Waals surface area (Å²) in [7, 11) is 0. The van der Waals surface area contributed by atoms with Crippen molar-refractivity contribution in [3.8, 4) is 0 Å². The summed E-state index contributed by atoms with van der Waals surface area (Å²) in [6.07, 6.45) is -4.38. The lowest BCUT2D eigenvalue weighted by molar-refractivity contribution is -0.123. The first-order chi connectivity index (χ1) is 7.30. The average molecular weight is 241 g/mol. The summed E-state index contributed by atoms with van der Waals surface area (Å²) in [6.45, 7) is 3.34. The van der Waals surface area contributed by atoms with Crippen LogP contribution in [0.25, 0.3) is 0 Å². The van der Waals surface area contributed by atoms with Gasteiger partial charge in [-0.3, -0.25) is 0 Å². The van der Waals surface area contributed by atoms with Gasteiger partial charge in [0.05, 0.1) is 0 Å². The first kappa shape index (κ1) is 15.0. The van der Waals surface area contributed by atoms with Crippen molar-refractivity contribution < 1.29 is 18.0 Å². The van der Waals surface area contributed by atoms with E-state index in [9.17, 15) is 18.0 Å². The Hall–Kier alpha value is -0.980. The van der Waals surface area contributed by atoms with Gasteiger partial charge < -0.3 is 16.0 Å². The number of carbonyl (C=O) groups excluding carboxylic acids is 1. The molecule has 0 fully saturated rings. The molecule has 0 aliphatic carbocycles. The summed E-state index contributed by atoms with van der Waals surface area (Å²) in [5.41, 5.74) is 5.38. The second-order valence-corrected chi connectivity index (χ2v) is 3.65. The lowest BCUT2D eigenvalue weighted by atomic mass is 10.2. The van der Waals surface area contributed by atoms with Gasteiger partial charge in [0.25, 0.3) is 0 Å². The fourth-order valence-corrected chi connectivity index (χ4v) is 1.09. The van der Waals surface area contributed by atoms with Crippen LogP contribution in [-0.2, 0) is 0 Å². The molecule has 1 atom stereocenters. The topological polar surface area (TPSA) is 58.4 Å². The Bertz CT molecular complexity index is 221. The van der Waals surface area contributed by atoms with Crippen LogP contribution < -0.4 is 11.1 Å². The number of amides is 2. The minimum atomic E-state index is -4.38. The van der Waals surface area contributed by atoms with Crippen LogP contribution in [0.2, 0.25) is 0 Å². The number of nitrogens with two attached hydrogens (primary N) is 1. The number of rotatable bonds is 5. The molecule has 0 saturated carbocycles. The van der Waals surface area contributed by atoms with Crippen molar-refractivity contribution in [3.05, 3.63) is 0 Å². The van der Waals surface area contributed by atoms with Crippen molar-refractivity contribution in [2.45, 2.75) is 20.0 Å². The van der Waals surface area contributed by atoms with E-state index < -0.39 is 18.8 Å². The molecule has 96 valence electrons. The minimum absolute atomic E-state index is 0.0663. The maximum Gasteiger partial charge on any atom is 0.405 e. The Kier molecular flexibility index (Phi) is 6.17. The van der Waals surface area contributed by atoms with Crippen LogP contribution in [0, 0.1) is 5.92 Å². The molecule has 0 aromatic heterocycles. The summed E-state index contributed by atoms with van der Waals surface area (Å²) in [6, 6.07) is -0.708. The van der Waals surface area contributed by atoms with Crippen molar-refractivity contribution in [3.63, 3.8) is 0 Å². The molecule has 16 heavy (non-hydrogen) atoms. The second-order valence-electron chi connectivity index (χ2n) is 3.65. The monoisotopic (exact) mass is 241 g/mol. The highest BCUT2D eigenvalue weighted by Crippen LogP contribution is 2.12. The Morgan fingerprint density at radius 1 is 1.50 bits per heavy atom. The van der Waals surface area contributed by atoms with Crippen molar-refractivity contribution in [1.82, 2.24) is 10.2 Å². The van der Waals surface area contributed by atoms with Gasteiger partial charge in [0, 0.05) is 13.1 Å². The number of halogens is 3. The molecule has 0 radical (unpaired) electrons. The zero-order valence-corrected chi connectivity index (χ0v) is 9.47. The molecule has 0 rings (SSSR count). The summed E-state index contributed by atoms with van der Waals surface area (Å²) >= 11 is 0. The number of hydrogen-bond acceptors (Lipinski definition) is 2. The van der Waals surface area contributed by atoms with Gasteiger partial charge in [0.2, 0.25) is 0 Å². The van der Waals surface area contributed by atoms with Gasteiger partial charge in [-0.25, -0.2) is 4.79 Å². The molecular formula is C9H18F3N3O. The molecule has 0 bridgehead atoms. The van der Waals surface area contributed by atoms with E-state index in [0.29, 0.717) is 19.6 Å². The molecule has 0 saturated heterocycles. The molecule has 0 aromatic rings. The smallest absolute Gasteiger partial charge is 0.330 e. The second kappa shape index (κ2) is 6.57. The number of hydrogen-bond donors (Lipinski definition) is 2. The minimum Gasteiger partial charge on any atom is -0.330 e. The van der Waals surface area contributed by atoms with Gasteiger partial charge in [-0.15, -0.1) is 0 Å². The molecule has 0 aliphatic heterocycles. The molecule has 4 nitrogen and oxygen atoms in total. The van der Waals surface area contributed by atoms with Crippen LogP contribution in [-0.4, -0.2) is 43.3 Å². The van der Waals surface area contributed by atoms with Crippen LogP contribution in [0.4, 0.5) is 18.0 Å². The summed E-state index contributed by atoms with van der Waals surface area (Å²) in [5, 5.41) is 1.82. The van der Waals surface area contributed by atoms with E-state index in [1.807, 2.05) is 12.2 Å². The van der Waals surface area contributed by atoms with Crippen molar-refractivity contribution in [1.29, 1.82) is 0 Å². The third-order valence-corrected chi connectivity index (χ3v) is 2.04. The van der Waals surface area contributed by atoms with Crippen molar-refractivity contribution >= 4 is 6.03 Å². The highest BCUT2D eigenvalue weighted by molar-refractivity contribution is 5.74. The Balaban J connectivity index is 4.11. The van der Waals surface area contributed by atoms with Crippen LogP contribution in [0.5, 0.6) is 0 Å². The van der Waals surface area contributed by atoms with Gasteiger partial charge in [-0.05, 0) is 19.4 Å². The summed E-state index contributed by atoms with van der Waals surface area (Å²) < 4.78 is 35.6. The third-order valence-electron chi connectivity index (χ3n) is 2.04. The largest absolute Gasteiger partial charge is 0.405 e. The van der Waals surface area contributed by atoms with E-state index in [4.69, 9.17) is 5.73 Å². The molecule has 2 amide bonds. The summed E-state index contributed by atoms with van der Waals surface area (Å²) in [5.74, 6) is 0.0663. The fraction of sp³-hybridized carbons (Fsp3) is 0.889. The number of alkyl halides is 3. The number of nitrogens with one attached hydrogen (secondary N) is 1. The molecular weight excluding hydrogens is 223 g/mol. The Morgan fingerprint density at radius 2 is 2.06 bits per heavy atom. The van der Waals surface area contributed by atoms with Crippen LogP contribution in [0.15, 0.2) is 0 Å². The predicted molar refractivity (Wildman–Crippen MR) is 54.9 cm³/mol. The van der Waals surface area contributed by atoms with Gasteiger partial charge >= 0.3 is 12.2 Å². The molecule has 0 aromatic carbocycles. The van der Waals surface area contributed by atoms with Crippen molar-refractivity contribution in [2.75, 3.05) is 26.2 Å². The number of nitrogens with zero attached hydrogens (tertiary/aromatic N) is 1. The molecule has 1 unspecified atom stereocenters. The Morgan fingerprint density at radius 3 is 2.44 bits per heavy atom. The van der Waals surface area contributed by atoms with Gasteiger partial charge in [0.1, 0.15) is 6.54 Å². The average Bonchev–Trinajstić information content (AvgIpc) is 2.21. The quantitative estimate of drug-likeness (QED) is 0.759. The number of carbonyl (C=O) groups is 1.